The van der Waals surface area contributed by atoms with Crippen LogP contribution < -0.4 is 10.4 Å². The van der Waals surface area contributed by atoms with Gasteiger partial charge in [-0.25, -0.2) is 4.99 Å². The van der Waals surface area contributed by atoms with Crippen LogP contribution in [0.15, 0.2) is 47.5 Å². The van der Waals surface area contributed by atoms with Crippen LogP contribution in [0.4, 0.5) is 5.69 Å². The molecule has 0 unspecified atom stereocenters. The number of amidine groups is 1. The molecule has 0 saturated carbocycles. The van der Waals surface area contributed by atoms with E-state index in [0.717, 1.165) is 12.2 Å². The van der Waals surface area contributed by atoms with Gasteiger partial charge in [0.25, 0.3) is 0 Å². The first-order valence-corrected chi connectivity index (χ1v) is 5.99. The lowest BCUT2D eigenvalue weighted by Gasteiger charge is -2.21. The number of rotatable bonds is 2. The topological polar surface area (TPSA) is 36.9 Å². The second kappa shape index (κ2) is 4.56. The fourth-order valence-electron chi connectivity index (χ4n) is 2.00. The van der Waals surface area contributed by atoms with Gasteiger partial charge < -0.3 is 4.74 Å². The molecule has 18 heavy (non-hydrogen) atoms. The number of ether oxygens (including phenoxy) is 1. The number of hydrogen-bond acceptors (Lipinski definition) is 4. The van der Waals surface area contributed by atoms with Crippen molar-refractivity contribution in [1.82, 2.24) is 5.43 Å². The maximum atomic E-state index is 5.33. The molecule has 0 bridgehead atoms. The van der Waals surface area contributed by atoms with Crippen LogP contribution in [0.25, 0.3) is 10.8 Å². The normalized spacial score (nSPS) is 14.2. The number of benzene rings is 2. The molecule has 4 heteroatoms. The van der Waals surface area contributed by atoms with Crippen LogP contribution in [0.5, 0.6) is 0 Å². The molecule has 1 heterocycles. The van der Waals surface area contributed by atoms with Crippen LogP contribution in [0, 0.1) is 0 Å². The second-order valence-corrected chi connectivity index (χ2v) is 4.24. The largest absolute Gasteiger partial charge is 0.462 e. The summed E-state index contributed by atoms with van der Waals surface area (Å²) < 4.78 is 5.33. The highest BCUT2D eigenvalue weighted by atomic mass is 16.5. The van der Waals surface area contributed by atoms with Crippen molar-refractivity contribution in [3.63, 3.8) is 0 Å². The molecule has 0 radical (unpaired) electrons. The monoisotopic (exact) mass is 241 g/mol. The van der Waals surface area contributed by atoms with E-state index in [2.05, 4.69) is 40.8 Å². The van der Waals surface area contributed by atoms with E-state index in [0.29, 0.717) is 12.6 Å². The van der Waals surface area contributed by atoms with E-state index in [1.54, 1.807) is 0 Å². The van der Waals surface area contributed by atoms with Crippen molar-refractivity contribution in [3.05, 3.63) is 42.5 Å². The summed E-state index contributed by atoms with van der Waals surface area (Å²) in [7, 11) is 1.95. The number of nitrogens with one attached hydrogen (secondary N) is 1. The van der Waals surface area contributed by atoms with Crippen LogP contribution >= 0.6 is 0 Å². The van der Waals surface area contributed by atoms with Crippen LogP contribution in [0.3, 0.4) is 0 Å². The van der Waals surface area contributed by atoms with Crippen LogP contribution in [0.1, 0.15) is 0 Å². The number of aliphatic imine (C=N–C) groups is 1. The third kappa shape index (κ3) is 2.09. The Morgan fingerprint density at radius 1 is 1.17 bits per heavy atom. The third-order valence-electron chi connectivity index (χ3n) is 2.97. The van der Waals surface area contributed by atoms with E-state index >= 15 is 0 Å². The Labute approximate surface area is 106 Å². The van der Waals surface area contributed by atoms with E-state index < -0.39 is 0 Å². The SMILES string of the molecule is CN(NC1=NCCO1)c1ccc2ccccc2c1. The molecule has 0 saturated heterocycles. The summed E-state index contributed by atoms with van der Waals surface area (Å²) >= 11 is 0. The lowest BCUT2D eigenvalue weighted by Crippen LogP contribution is -2.39. The highest BCUT2D eigenvalue weighted by molar-refractivity contribution is 5.86. The van der Waals surface area contributed by atoms with Crippen LogP contribution in [-0.2, 0) is 4.74 Å². The lowest BCUT2D eigenvalue weighted by atomic mass is 10.1. The smallest absolute Gasteiger partial charge is 0.304 e. The average molecular weight is 241 g/mol. The van der Waals surface area contributed by atoms with Crippen molar-refractivity contribution >= 4 is 22.5 Å². The number of anilines is 1. The van der Waals surface area contributed by atoms with Gasteiger partial charge in [-0.05, 0) is 22.9 Å². The summed E-state index contributed by atoms with van der Waals surface area (Å²) in [6, 6.07) is 15.2. The molecule has 1 aliphatic rings. The van der Waals surface area contributed by atoms with E-state index in [-0.39, 0.29) is 0 Å². The van der Waals surface area contributed by atoms with Gasteiger partial charge in [-0.2, -0.15) is 0 Å². The third-order valence-corrected chi connectivity index (χ3v) is 2.97. The average Bonchev–Trinajstić information content (AvgIpc) is 2.91. The van der Waals surface area contributed by atoms with Gasteiger partial charge in [0.2, 0.25) is 0 Å². The van der Waals surface area contributed by atoms with Crippen molar-refractivity contribution in [2.24, 2.45) is 4.99 Å². The molecule has 0 aliphatic carbocycles. The quantitative estimate of drug-likeness (QED) is 0.819. The molecule has 1 aliphatic heterocycles. The molecule has 4 nitrogen and oxygen atoms in total. The van der Waals surface area contributed by atoms with Crippen LogP contribution in [-0.4, -0.2) is 26.2 Å². The molecular weight excluding hydrogens is 226 g/mol. The van der Waals surface area contributed by atoms with E-state index in [4.69, 9.17) is 4.74 Å². The van der Waals surface area contributed by atoms with Gasteiger partial charge in [0, 0.05) is 7.05 Å². The molecule has 2 aromatic carbocycles. The van der Waals surface area contributed by atoms with Crippen molar-refractivity contribution in [3.8, 4) is 0 Å². The zero-order valence-electron chi connectivity index (χ0n) is 10.3. The number of hydrogen-bond donors (Lipinski definition) is 1. The lowest BCUT2D eigenvalue weighted by molar-refractivity contribution is 0.331. The Bertz CT molecular complexity index is 594. The number of nitrogens with zero attached hydrogens (tertiary/aromatic N) is 2. The summed E-state index contributed by atoms with van der Waals surface area (Å²) in [6.07, 6.45) is 0. The summed E-state index contributed by atoms with van der Waals surface area (Å²) in [5, 5.41) is 4.37. The highest BCUT2D eigenvalue weighted by Gasteiger charge is 2.09. The maximum absolute atomic E-state index is 5.33. The van der Waals surface area contributed by atoms with Crippen molar-refractivity contribution in [2.75, 3.05) is 25.2 Å². The van der Waals surface area contributed by atoms with Crippen molar-refractivity contribution in [2.45, 2.75) is 0 Å². The molecular formula is C14H15N3O. The predicted molar refractivity (Wildman–Crippen MR) is 73.7 cm³/mol. The van der Waals surface area contributed by atoms with Gasteiger partial charge in [-0.1, -0.05) is 30.3 Å². The van der Waals surface area contributed by atoms with Gasteiger partial charge in [0.1, 0.15) is 6.61 Å². The first kappa shape index (κ1) is 10.9. The molecule has 3 rings (SSSR count). The maximum Gasteiger partial charge on any atom is 0.304 e. The van der Waals surface area contributed by atoms with E-state index in [1.807, 2.05) is 24.2 Å². The fraction of sp³-hybridized carbons (Fsp3) is 0.214. The summed E-state index contributed by atoms with van der Waals surface area (Å²) in [5.74, 6) is 0. The fourth-order valence-corrected chi connectivity index (χ4v) is 2.00. The zero-order valence-corrected chi connectivity index (χ0v) is 10.3. The Morgan fingerprint density at radius 3 is 2.78 bits per heavy atom. The first-order valence-electron chi connectivity index (χ1n) is 5.99. The summed E-state index contributed by atoms with van der Waals surface area (Å²) in [6.45, 7) is 1.39. The Kier molecular flexibility index (Phi) is 2.76. The van der Waals surface area contributed by atoms with E-state index in [1.165, 1.54) is 10.8 Å². The second-order valence-electron chi connectivity index (χ2n) is 4.24. The molecule has 0 fully saturated rings. The van der Waals surface area contributed by atoms with Crippen molar-refractivity contribution in [1.29, 1.82) is 0 Å². The van der Waals surface area contributed by atoms with E-state index in [9.17, 15) is 0 Å². The molecule has 2 aromatic rings. The number of fused-ring (bicyclic) bond motifs is 1. The molecule has 0 atom stereocenters. The minimum absolute atomic E-state index is 0.589. The Balaban J connectivity index is 1.84. The Morgan fingerprint density at radius 2 is 2.00 bits per heavy atom. The van der Waals surface area contributed by atoms with Gasteiger partial charge >= 0.3 is 6.02 Å². The molecule has 0 amide bonds. The number of hydrazine groups is 1. The summed E-state index contributed by atoms with van der Waals surface area (Å²) in [4.78, 5) is 4.21. The highest BCUT2D eigenvalue weighted by Crippen LogP contribution is 2.20. The van der Waals surface area contributed by atoms with Gasteiger partial charge in [-0.15, -0.1) is 0 Å². The molecule has 92 valence electrons. The molecule has 0 spiro atoms. The zero-order chi connectivity index (χ0) is 12.4. The molecule has 0 aromatic heterocycles. The molecule has 1 N–H and O–H groups in total. The Hall–Kier alpha value is -2.23. The minimum Gasteiger partial charge on any atom is -0.462 e. The first-order chi connectivity index (χ1) is 8.83. The van der Waals surface area contributed by atoms with Gasteiger partial charge in [0.15, 0.2) is 0 Å². The summed E-state index contributed by atoms with van der Waals surface area (Å²) in [5.41, 5.74) is 4.20. The minimum atomic E-state index is 0.589. The van der Waals surface area contributed by atoms with Crippen molar-refractivity contribution < 1.29 is 4.74 Å². The predicted octanol–water partition coefficient (Wildman–Crippen LogP) is 2.17. The van der Waals surface area contributed by atoms with Gasteiger partial charge in [-0.3, -0.25) is 10.4 Å². The standard InChI is InChI=1S/C14H15N3O/c1-17(16-14-15-8-9-18-14)13-7-6-11-4-2-3-5-12(11)10-13/h2-7,10H,8-9H2,1H3,(H,15,16). The van der Waals surface area contributed by atoms with Crippen LogP contribution in [0.2, 0.25) is 0 Å². The van der Waals surface area contributed by atoms with Gasteiger partial charge in [0.05, 0.1) is 12.2 Å².